The number of nitrogens with two attached hydrogens (primary N) is 1. The lowest BCUT2D eigenvalue weighted by Crippen LogP contribution is -2.26. The number of hydrogen-bond donors (Lipinski definition) is 1. The third-order valence-electron chi connectivity index (χ3n) is 3.41. The molecule has 2 N–H and O–H groups in total. The second kappa shape index (κ2) is 5.86. The van der Waals surface area contributed by atoms with Crippen LogP contribution in [0.15, 0.2) is 24.3 Å². The quantitative estimate of drug-likeness (QED) is 0.784. The molecule has 90 valence electrons. The van der Waals surface area contributed by atoms with Crippen LogP contribution in [0.4, 0.5) is 0 Å². The Balaban J connectivity index is 2.14. The SMILES string of the molecule is CC1CCCN1Cc1ccccc1C#CCN. The van der Waals surface area contributed by atoms with Crippen LogP contribution in [0.3, 0.4) is 0 Å². The molecule has 0 radical (unpaired) electrons. The molecule has 1 aromatic rings. The molecule has 0 aliphatic carbocycles. The summed E-state index contributed by atoms with van der Waals surface area (Å²) < 4.78 is 0. The van der Waals surface area contributed by atoms with Gasteiger partial charge in [-0.15, -0.1) is 0 Å². The van der Waals surface area contributed by atoms with Crippen molar-refractivity contribution in [1.82, 2.24) is 4.90 Å². The van der Waals surface area contributed by atoms with E-state index in [2.05, 4.69) is 41.9 Å². The summed E-state index contributed by atoms with van der Waals surface area (Å²) in [5.74, 6) is 6.10. The molecule has 0 amide bonds. The van der Waals surface area contributed by atoms with E-state index in [1.807, 2.05) is 6.07 Å². The van der Waals surface area contributed by atoms with E-state index in [9.17, 15) is 0 Å². The van der Waals surface area contributed by atoms with E-state index < -0.39 is 0 Å². The van der Waals surface area contributed by atoms with Gasteiger partial charge in [-0.25, -0.2) is 0 Å². The van der Waals surface area contributed by atoms with Gasteiger partial charge in [-0.1, -0.05) is 30.0 Å². The van der Waals surface area contributed by atoms with Crippen molar-refractivity contribution in [2.24, 2.45) is 5.73 Å². The molecule has 0 spiro atoms. The zero-order valence-corrected chi connectivity index (χ0v) is 10.4. The van der Waals surface area contributed by atoms with Gasteiger partial charge < -0.3 is 5.73 Å². The average molecular weight is 228 g/mol. The predicted octanol–water partition coefficient (Wildman–Crippen LogP) is 1.98. The topological polar surface area (TPSA) is 29.3 Å². The maximum absolute atomic E-state index is 5.43. The summed E-state index contributed by atoms with van der Waals surface area (Å²) in [6.07, 6.45) is 2.63. The molecule has 2 heteroatoms. The van der Waals surface area contributed by atoms with Crippen LogP contribution in [0.25, 0.3) is 0 Å². The van der Waals surface area contributed by atoms with E-state index in [-0.39, 0.29) is 0 Å². The average Bonchev–Trinajstić information content (AvgIpc) is 2.74. The predicted molar refractivity (Wildman–Crippen MR) is 71.5 cm³/mol. The fraction of sp³-hybridized carbons (Fsp3) is 0.467. The smallest absolute Gasteiger partial charge is 0.0555 e. The first kappa shape index (κ1) is 12.2. The van der Waals surface area contributed by atoms with Crippen molar-refractivity contribution in [3.05, 3.63) is 35.4 Å². The van der Waals surface area contributed by atoms with E-state index in [0.717, 1.165) is 12.1 Å². The highest BCUT2D eigenvalue weighted by Crippen LogP contribution is 2.20. The van der Waals surface area contributed by atoms with Crippen molar-refractivity contribution in [3.8, 4) is 11.8 Å². The molecule has 1 unspecified atom stereocenters. The molecule has 1 fully saturated rings. The second-order valence-electron chi connectivity index (χ2n) is 4.62. The van der Waals surface area contributed by atoms with Gasteiger partial charge >= 0.3 is 0 Å². The van der Waals surface area contributed by atoms with Crippen LogP contribution in [0.1, 0.15) is 30.9 Å². The largest absolute Gasteiger partial charge is 0.320 e. The van der Waals surface area contributed by atoms with Gasteiger partial charge in [0.25, 0.3) is 0 Å². The van der Waals surface area contributed by atoms with Gasteiger partial charge in [0, 0.05) is 18.2 Å². The molecule has 0 saturated carbocycles. The van der Waals surface area contributed by atoms with Crippen molar-refractivity contribution < 1.29 is 0 Å². The van der Waals surface area contributed by atoms with Crippen LogP contribution in [0.2, 0.25) is 0 Å². The van der Waals surface area contributed by atoms with Crippen LogP contribution in [-0.2, 0) is 6.54 Å². The summed E-state index contributed by atoms with van der Waals surface area (Å²) in [7, 11) is 0. The molecule has 0 bridgehead atoms. The van der Waals surface area contributed by atoms with Gasteiger partial charge in [0.05, 0.1) is 6.54 Å². The van der Waals surface area contributed by atoms with Crippen molar-refractivity contribution in [2.45, 2.75) is 32.4 Å². The molecule has 2 rings (SSSR count). The zero-order chi connectivity index (χ0) is 12.1. The lowest BCUT2D eigenvalue weighted by atomic mass is 10.1. The summed E-state index contributed by atoms with van der Waals surface area (Å²) in [5.41, 5.74) is 7.87. The molecule has 1 aromatic carbocycles. The molecule has 1 saturated heterocycles. The Bertz CT molecular complexity index is 428. The Hall–Kier alpha value is -1.30. The first-order valence-electron chi connectivity index (χ1n) is 6.32. The second-order valence-corrected chi connectivity index (χ2v) is 4.62. The van der Waals surface area contributed by atoms with E-state index in [1.165, 1.54) is 24.9 Å². The third-order valence-corrected chi connectivity index (χ3v) is 3.41. The Labute approximate surface area is 104 Å². The summed E-state index contributed by atoms with van der Waals surface area (Å²) >= 11 is 0. The fourth-order valence-electron chi connectivity index (χ4n) is 2.37. The highest BCUT2D eigenvalue weighted by molar-refractivity contribution is 5.41. The summed E-state index contributed by atoms with van der Waals surface area (Å²) in [5, 5.41) is 0. The van der Waals surface area contributed by atoms with Gasteiger partial charge in [-0.3, -0.25) is 4.90 Å². The molecule has 2 nitrogen and oxygen atoms in total. The number of hydrogen-bond acceptors (Lipinski definition) is 2. The fourth-order valence-corrected chi connectivity index (χ4v) is 2.37. The van der Waals surface area contributed by atoms with Crippen LogP contribution in [0, 0.1) is 11.8 Å². The highest BCUT2D eigenvalue weighted by atomic mass is 15.2. The normalized spacial score (nSPS) is 20.0. The minimum absolute atomic E-state index is 0.425. The maximum Gasteiger partial charge on any atom is 0.0555 e. The summed E-state index contributed by atoms with van der Waals surface area (Å²) in [6.45, 7) is 4.95. The first-order valence-corrected chi connectivity index (χ1v) is 6.32. The summed E-state index contributed by atoms with van der Waals surface area (Å²) in [6, 6.07) is 9.08. The number of nitrogens with zero attached hydrogens (tertiary/aromatic N) is 1. The van der Waals surface area contributed by atoms with Crippen LogP contribution in [0.5, 0.6) is 0 Å². The van der Waals surface area contributed by atoms with Crippen LogP contribution in [-0.4, -0.2) is 24.0 Å². The molecular formula is C15H20N2. The van der Waals surface area contributed by atoms with Gasteiger partial charge in [-0.05, 0) is 37.9 Å². The minimum atomic E-state index is 0.425. The molecule has 1 heterocycles. The Morgan fingerprint density at radius 3 is 2.94 bits per heavy atom. The van der Waals surface area contributed by atoms with Crippen molar-refractivity contribution in [3.63, 3.8) is 0 Å². The van der Waals surface area contributed by atoms with Crippen LogP contribution >= 0.6 is 0 Å². The molecule has 17 heavy (non-hydrogen) atoms. The first-order chi connectivity index (χ1) is 8.31. The van der Waals surface area contributed by atoms with Crippen molar-refractivity contribution in [2.75, 3.05) is 13.1 Å². The van der Waals surface area contributed by atoms with E-state index >= 15 is 0 Å². The standard InChI is InChI=1S/C15H20N2/c1-13-6-5-11-17(13)12-15-8-3-2-7-14(15)9-4-10-16/h2-3,7-8,13H,5-6,10-12,16H2,1H3. The highest BCUT2D eigenvalue weighted by Gasteiger charge is 2.20. The van der Waals surface area contributed by atoms with Crippen LogP contribution < -0.4 is 5.73 Å². The monoisotopic (exact) mass is 228 g/mol. The van der Waals surface area contributed by atoms with Crippen molar-refractivity contribution in [1.29, 1.82) is 0 Å². The molecule has 0 aromatic heterocycles. The molecule has 1 atom stereocenters. The van der Waals surface area contributed by atoms with Gasteiger partial charge in [0.15, 0.2) is 0 Å². The van der Waals surface area contributed by atoms with Crippen molar-refractivity contribution >= 4 is 0 Å². The lowest BCUT2D eigenvalue weighted by molar-refractivity contribution is 0.260. The number of benzene rings is 1. The van der Waals surface area contributed by atoms with E-state index in [1.54, 1.807) is 0 Å². The van der Waals surface area contributed by atoms with E-state index in [4.69, 9.17) is 5.73 Å². The summed E-state index contributed by atoms with van der Waals surface area (Å²) in [4.78, 5) is 2.53. The maximum atomic E-state index is 5.43. The molecule has 1 aliphatic rings. The Kier molecular flexibility index (Phi) is 4.19. The zero-order valence-electron chi connectivity index (χ0n) is 10.4. The minimum Gasteiger partial charge on any atom is -0.320 e. The Morgan fingerprint density at radius 1 is 1.41 bits per heavy atom. The Morgan fingerprint density at radius 2 is 2.24 bits per heavy atom. The lowest BCUT2D eigenvalue weighted by Gasteiger charge is -2.21. The number of likely N-dealkylation sites (tertiary alicyclic amines) is 1. The third kappa shape index (κ3) is 3.09. The van der Waals surface area contributed by atoms with Gasteiger partial charge in [0.2, 0.25) is 0 Å². The molecular weight excluding hydrogens is 208 g/mol. The van der Waals surface area contributed by atoms with Gasteiger partial charge in [-0.2, -0.15) is 0 Å². The molecule has 1 aliphatic heterocycles. The van der Waals surface area contributed by atoms with Gasteiger partial charge in [0.1, 0.15) is 0 Å². The van der Waals surface area contributed by atoms with E-state index in [0.29, 0.717) is 12.6 Å². The number of rotatable bonds is 2.